The van der Waals surface area contributed by atoms with E-state index < -0.39 is 12.8 Å². The fourth-order valence-electron chi connectivity index (χ4n) is 2.56. The molecule has 0 aliphatic carbocycles. The quantitative estimate of drug-likeness (QED) is 0.739. The number of aryl methyl sites for hydroxylation is 1. The molecule has 0 aromatic heterocycles. The first kappa shape index (κ1) is 20.0. The molecule has 2 aromatic carbocycles. The van der Waals surface area contributed by atoms with Crippen molar-refractivity contribution in [3.05, 3.63) is 64.7 Å². The summed E-state index contributed by atoms with van der Waals surface area (Å²) in [6, 6.07) is 12.2. The summed E-state index contributed by atoms with van der Waals surface area (Å²) < 4.78 is 40.9. The van der Waals surface area contributed by atoms with E-state index in [0.29, 0.717) is 11.1 Å². The number of carbonyl (C=O) groups excluding carboxylic acids is 1. The van der Waals surface area contributed by atoms with Crippen molar-refractivity contribution in [2.45, 2.75) is 39.5 Å². The van der Waals surface area contributed by atoms with Crippen LogP contribution in [0, 0.1) is 6.92 Å². The molecule has 0 radical (unpaired) electrons. The molecule has 2 rings (SSSR count). The normalized spacial score (nSPS) is 11.7. The van der Waals surface area contributed by atoms with Crippen molar-refractivity contribution in [3.63, 3.8) is 0 Å². The second-order valence-corrected chi connectivity index (χ2v) is 6.45. The smallest absolute Gasteiger partial charge is 0.367 e. The zero-order valence-electron chi connectivity index (χ0n) is 15.0. The Bertz CT molecular complexity index is 753. The molecule has 6 heteroatoms. The van der Waals surface area contributed by atoms with Crippen LogP contribution in [0.25, 0.3) is 0 Å². The maximum Gasteiger partial charge on any atom is 0.411 e. The number of nitrogens with one attached hydrogen (secondary N) is 1. The van der Waals surface area contributed by atoms with Crippen LogP contribution in [0.1, 0.15) is 46.8 Å². The van der Waals surface area contributed by atoms with Crippen molar-refractivity contribution < 1.29 is 22.7 Å². The average Bonchev–Trinajstić information content (AvgIpc) is 2.56. The summed E-state index contributed by atoms with van der Waals surface area (Å²) in [7, 11) is 0. The van der Waals surface area contributed by atoms with E-state index in [2.05, 4.69) is 23.9 Å². The molecule has 1 amide bonds. The van der Waals surface area contributed by atoms with Gasteiger partial charge in [-0.3, -0.25) is 4.79 Å². The highest BCUT2D eigenvalue weighted by Gasteiger charge is 2.27. The first-order chi connectivity index (χ1) is 12.2. The van der Waals surface area contributed by atoms with Crippen molar-refractivity contribution >= 4 is 11.6 Å². The van der Waals surface area contributed by atoms with Crippen molar-refractivity contribution in [3.8, 4) is 0 Å². The Morgan fingerprint density at radius 2 is 1.77 bits per heavy atom. The topological polar surface area (TPSA) is 38.3 Å². The molecule has 3 nitrogen and oxygen atoms in total. The minimum atomic E-state index is -4.35. The highest BCUT2D eigenvalue weighted by atomic mass is 19.4. The minimum absolute atomic E-state index is 0.156. The molecule has 0 fully saturated rings. The van der Waals surface area contributed by atoms with Gasteiger partial charge in [0.2, 0.25) is 0 Å². The van der Waals surface area contributed by atoms with E-state index in [1.54, 1.807) is 24.3 Å². The number of hydrogen-bond acceptors (Lipinski definition) is 2. The summed E-state index contributed by atoms with van der Waals surface area (Å²) in [6.45, 7) is 4.60. The fraction of sp³-hybridized carbons (Fsp3) is 0.350. The van der Waals surface area contributed by atoms with Crippen molar-refractivity contribution in [2.75, 3.05) is 11.9 Å². The van der Waals surface area contributed by atoms with Crippen LogP contribution in [0.15, 0.2) is 42.5 Å². The number of benzene rings is 2. The van der Waals surface area contributed by atoms with Gasteiger partial charge in [0.1, 0.15) is 6.61 Å². The molecular weight excluding hydrogens is 343 g/mol. The Morgan fingerprint density at radius 1 is 1.12 bits per heavy atom. The number of carbonyl (C=O) groups is 1. The number of amides is 1. The maximum absolute atomic E-state index is 12.5. The van der Waals surface area contributed by atoms with Gasteiger partial charge in [-0.15, -0.1) is 0 Å². The van der Waals surface area contributed by atoms with Crippen molar-refractivity contribution in [2.24, 2.45) is 0 Å². The van der Waals surface area contributed by atoms with E-state index in [1.807, 2.05) is 25.1 Å². The van der Waals surface area contributed by atoms with Gasteiger partial charge in [-0.2, -0.15) is 13.2 Å². The second-order valence-electron chi connectivity index (χ2n) is 6.45. The molecule has 0 aliphatic heterocycles. The van der Waals surface area contributed by atoms with Crippen LogP contribution in [0.4, 0.5) is 18.9 Å². The lowest BCUT2D eigenvalue weighted by Crippen LogP contribution is -2.17. The first-order valence-corrected chi connectivity index (χ1v) is 8.31. The standard InChI is InChI=1S/C20H22F3NO2/c1-13(2)17-6-4-5-14(3)18(17)24-19(25)16-9-7-15(8-10-16)11-26-12-20(21,22)23/h4-10,13H,11-12H2,1-3H3,(H,24,25). The van der Waals surface area contributed by atoms with Gasteiger partial charge in [0.05, 0.1) is 6.61 Å². The molecule has 140 valence electrons. The van der Waals surface area contributed by atoms with Gasteiger partial charge in [0, 0.05) is 11.3 Å². The lowest BCUT2D eigenvalue weighted by Gasteiger charge is -2.16. The third-order valence-electron chi connectivity index (χ3n) is 3.92. The molecule has 0 atom stereocenters. The molecule has 2 aromatic rings. The fourth-order valence-corrected chi connectivity index (χ4v) is 2.56. The van der Waals surface area contributed by atoms with E-state index >= 15 is 0 Å². The van der Waals surface area contributed by atoms with Crippen LogP contribution in [0.2, 0.25) is 0 Å². The molecule has 0 bridgehead atoms. The van der Waals surface area contributed by atoms with Gasteiger partial charge in [-0.25, -0.2) is 0 Å². The summed E-state index contributed by atoms with van der Waals surface area (Å²) in [5.41, 5.74) is 3.83. The molecule has 0 heterocycles. The molecular formula is C20H22F3NO2. The summed E-state index contributed by atoms with van der Waals surface area (Å²) in [5.74, 6) is 0.00215. The number of hydrogen-bond donors (Lipinski definition) is 1. The summed E-state index contributed by atoms with van der Waals surface area (Å²) in [6.07, 6.45) is -4.35. The zero-order chi connectivity index (χ0) is 19.3. The minimum Gasteiger partial charge on any atom is -0.367 e. The lowest BCUT2D eigenvalue weighted by molar-refractivity contribution is -0.176. The van der Waals surface area contributed by atoms with Crippen LogP contribution < -0.4 is 5.32 Å². The molecule has 0 spiro atoms. The van der Waals surface area contributed by atoms with Gasteiger partial charge in [-0.05, 0) is 41.7 Å². The van der Waals surface area contributed by atoms with Crippen LogP contribution in [-0.2, 0) is 11.3 Å². The Labute approximate surface area is 151 Å². The highest BCUT2D eigenvalue weighted by molar-refractivity contribution is 6.05. The Hall–Kier alpha value is -2.34. The van der Waals surface area contributed by atoms with Crippen molar-refractivity contribution in [1.29, 1.82) is 0 Å². The second kappa shape index (κ2) is 8.36. The SMILES string of the molecule is Cc1cccc(C(C)C)c1NC(=O)c1ccc(COCC(F)(F)F)cc1. The Balaban J connectivity index is 2.05. The van der Waals surface area contributed by atoms with Gasteiger partial charge in [0.15, 0.2) is 0 Å². The van der Waals surface area contributed by atoms with E-state index in [4.69, 9.17) is 0 Å². The van der Waals surface area contributed by atoms with Gasteiger partial charge in [0.25, 0.3) is 5.91 Å². The number of alkyl halides is 3. The molecule has 26 heavy (non-hydrogen) atoms. The molecule has 0 unspecified atom stereocenters. The molecule has 0 aliphatic rings. The van der Waals surface area contributed by atoms with Crippen LogP contribution in [0.5, 0.6) is 0 Å². The number of anilines is 1. The predicted octanol–water partition coefficient (Wildman–Crippen LogP) is 5.45. The third-order valence-corrected chi connectivity index (χ3v) is 3.92. The van der Waals surface area contributed by atoms with Crippen LogP contribution >= 0.6 is 0 Å². The van der Waals surface area contributed by atoms with Crippen molar-refractivity contribution in [1.82, 2.24) is 0 Å². The lowest BCUT2D eigenvalue weighted by atomic mass is 9.98. The third kappa shape index (κ3) is 5.59. The molecule has 1 N–H and O–H groups in total. The molecule has 0 saturated carbocycles. The number of para-hydroxylation sites is 1. The summed E-state index contributed by atoms with van der Waals surface area (Å²) >= 11 is 0. The first-order valence-electron chi connectivity index (χ1n) is 8.31. The predicted molar refractivity (Wildman–Crippen MR) is 95.4 cm³/mol. The summed E-state index contributed by atoms with van der Waals surface area (Å²) in [4.78, 5) is 12.5. The van der Waals surface area contributed by atoms with E-state index in [-0.39, 0.29) is 18.4 Å². The summed E-state index contributed by atoms with van der Waals surface area (Å²) in [5, 5.41) is 2.94. The Kier molecular flexibility index (Phi) is 6.42. The van der Waals surface area contributed by atoms with Gasteiger partial charge in [-0.1, -0.05) is 44.2 Å². The van der Waals surface area contributed by atoms with E-state index in [9.17, 15) is 18.0 Å². The zero-order valence-corrected chi connectivity index (χ0v) is 15.0. The monoisotopic (exact) mass is 365 g/mol. The Morgan fingerprint density at radius 3 is 2.35 bits per heavy atom. The maximum atomic E-state index is 12.5. The number of rotatable bonds is 6. The van der Waals surface area contributed by atoms with Crippen LogP contribution in [0.3, 0.4) is 0 Å². The van der Waals surface area contributed by atoms with Gasteiger partial charge >= 0.3 is 6.18 Å². The largest absolute Gasteiger partial charge is 0.411 e. The number of halogens is 3. The average molecular weight is 365 g/mol. The van der Waals surface area contributed by atoms with Gasteiger partial charge < -0.3 is 10.1 Å². The molecule has 0 saturated heterocycles. The number of ether oxygens (including phenoxy) is 1. The van der Waals surface area contributed by atoms with E-state index in [1.165, 1.54) is 0 Å². The van der Waals surface area contributed by atoms with E-state index in [0.717, 1.165) is 16.8 Å². The highest BCUT2D eigenvalue weighted by Crippen LogP contribution is 2.28. The van der Waals surface area contributed by atoms with Crippen LogP contribution in [-0.4, -0.2) is 18.7 Å².